The zero-order valence-corrected chi connectivity index (χ0v) is 21.7. The number of phosphoric acid groups is 1. The number of unbranched alkanes of at least 4 members (excludes halogenated alkanes) is 1. The van der Waals surface area contributed by atoms with Crippen LogP contribution in [0.25, 0.3) is 11.2 Å². The molecule has 208 valence electrons. The Morgan fingerprint density at radius 1 is 1.29 bits per heavy atom. The molecule has 38 heavy (non-hydrogen) atoms. The van der Waals surface area contributed by atoms with E-state index in [2.05, 4.69) is 30.1 Å². The quantitative estimate of drug-likeness (QED) is 0.151. The van der Waals surface area contributed by atoms with Crippen LogP contribution in [0.15, 0.2) is 12.7 Å². The molecule has 0 radical (unpaired) electrons. The van der Waals surface area contributed by atoms with E-state index in [0.717, 1.165) is 25.0 Å². The van der Waals surface area contributed by atoms with Crippen molar-refractivity contribution in [2.45, 2.75) is 67.6 Å². The first-order chi connectivity index (χ1) is 18.1. The van der Waals surface area contributed by atoms with Crippen LogP contribution >= 0.6 is 19.6 Å². The highest BCUT2D eigenvalue weighted by Gasteiger charge is 2.52. The minimum absolute atomic E-state index is 0.0640. The Morgan fingerprint density at radius 3 is 2.89 bits per heavy atom. The molecule has 2 amide bonds. The summed E-state index contributed by atoms with van der Waals surface area (Å²) in [6.07, 6.45) is 1.81. The third-order valence-corrected chi connectivity index (χ3v) is 9.19. The number of fused-ring (bicyclic) bond motifs is 3. The molecule has 4 aliphatic rings. The maximum absolute atomic E-state index is 11.5. The van der Waals surface area contributed by atoms with Gasteiger partial charge in [0.1, 0.15) is 30.2 Å². The number of thioether (sulfide) groups is 1. The number of phosphoric ester groups is 1. The first-order valence-corrected chi connectivity index (χ1v) is 14.5. The number of amides is 2. The van der Waals surface area contributed by atoms with Crippen molar-refractivity contribution in [3.8, 4) is 0 Å². The van der Waals surface area contributed by atoms with E-state index >= 15 is 0 Å². The lowest BCUT2D eigenvalue weighted by Crippen LogP contribution is -2.39. The van der Waals surface area contributed by atoms with Crippen LogP contribution in [0.1, 0.15) is 31.9 Å². The summed E-state index contributed by atoms with van der Waals surface area (Å²) >= 11 is 1.87. The topological polar surface area (TPSA) is 233 Å². The van der Waals surface area contributed by atoms with Gasteiger partial charge in [-0.1, -0.05) is 6.42 Å². The van der Waals surface area contributed by atoms with Crippen LogP contribution in [0.2, 0.25) is 0 Å². The van der Waals surface area contributed by atoms with E-state index in [1.165, 1.54) is 17.2 Å². The SMILES string of the molecule is Nc1ncnc2c1ncn2[C@@H]1O[C@@H]2COP(=O)(O)O[C@H]2[C@H]1O.O=C(O)CCCC[C@@H]1SC[C@@H]2NC(=O)N[C@@H]21. The molecule has 6 heterocycles. The van der Waals surface area contributed by atoms with Crippen LogP contribution in [0, 0.1) is 0 Å². The van der Waals surface area contributed by atoms with E-state index in [4.69, 9.17) is 20.1 Å². The number of aliphatic carboxylic acids is 1. The summed E-state index contributed by atoms with van der Waals surface area (Å²) in [4.78, 5) is 42.8. The fourth-order valence-electron chi connectivity index (χ4n) is 4.89. The second kappa shape index (κ2) is 10.9. The van der Waals surface area contributed by atoms with Crippen LogP contribution in [0.4, 0.5) is 10.6 Å². The first-order valence-electron chi connectivity index (χ1n) is 12.0. The highest BCUT2D eigenvalue weighted by Crippen LogP contribution is 2.52. The van der Waals surface area contributed by atoms with Crippen LogP contribution in [0.3, 0.4) is 0 Å². The smallest absolute Gasteiger partial charge is 0.472 e. The number of carbonyl (C=O) groups is 2. The number of hydrogen-bond acceptors (Lipinski definition) is 12. The lowest BCUT2D eigenvalue weighted by atomic mass is 10.0. The Hall–Kier alpha value is -2.53. The van der Waals surface area contributed by atoms with E-state index in [1.54, 1.807) is 0 Å². The van der Waals surface area contributed by atoms with E-state index in [9.17, 15) is 24.2 Å². The molecule has 0 aromatic carbocycles. The number of ether oxygens (including phenoxy) is 1. The summed E-state index contributed by atoms with van der Waals surface area (Å²) in [6, 6.07) is 0.440. The third-order valence-electron chi connectivity index (χ3n) is 6.69. The number of anilines is 1. The molecule has 18 heteroatoms. The molecule has 0 bridgehead atoms. The zero-order chi connectivity index (χ0) is 27.0. The first kappa shape index (κ1) is 27.1. The lowest BCUT2D eigenvalue weighted by Gasteiger charge is -2.27. The summed E-state index contributed by atoms with van der Waals surface area (Å²) in [5.74, 6) is 0.438. The number of imidazole rings is 1. The van der Waals surface area contributed by atoms with E-state index in [0.29, 0.717) is 16.4 Å². The van der Waals surface area contributed by atoms with Gasteiger partial charge in [0.25, 0.3) is 0 Å². The molecule has 0 saturated carbocycles. The van der Waals surface area contributed by atoms with Crippen LogP contribution in [0.5, 0.6) is 0 Å². The molecule has 7 N–H and O–H groups in total. The summed E-state index contributed by atoms with van der Waals surface area (Å²) < 4.78 is 28.2. The van der Waals surface area contributed by atoms with Gasteiger partial charge >= 0.3 is 19.8 Å². The maximum atomic E-state index is 11.5. The summed E-state index contributed by atoms with van der Waals surface area (Å²) in [5.41, 5.74) is 6.46. The fraction of sp³-hybridized carbons (Fsp3) is 0.650. The normalized spacial score (nSPS) is 35.6. The molecule has 0 spiro atoms. The van der Waals surface area contributed by atoms with Crippen molar-refractivity contribution < 1.29 is 43.0 Å². The van der Waals surface area contributed by atoms with E-state index in [-0.39, 0.29) is 37.0 Å². The van der Waals surface area contributed by atoms with Gasteiger partial charge in [0.15, 0.2) is 17.7 Å². The highest BCUT2D eigenvalue weighted by atomic mass is 32.2. The van der Waals surface area contributed by atoms with Gasteiger partial charge in [-0.15, -0.1) is 0 Å². The van der Waals surface area contributed by atoms with Crippen LogP contribution < -0.4 is 16.4 Å². The number of nitrogens with zero attached hydrogens (tertiary/aromatic N) is 4. The second-order valence-electron chi connectivity index (χ2n) is 9.23. The van der Waals surface area contributed by atoms with Gasteiger partial charge in [0, 0.05) is 17.4 Å². The summed E-state index contributed by atoms with van der Waals surface area (Å²) in [5, 5.41) is 25.1. The summed E-state index contributed by atoms with van der Waals surface area (Å²) in [7, 11) is -4.16. The molecule has 16 nitrogen and oxygen atoms in total. The van der Waals surface area contributed by atoms with Gasteiger partial charge in [0.2, 0.25) is 0 Å². The number of nitrogens with two attached hydrogens (primary N) is 1. The predicted octanol–water partition coefficient (Wildman–Crippen LogP) is -0.0206. The van der Waals surface area contributed by atoms with Gasteiger partial charge in [-0.3, -0.25) is 18.4 Å². The highest BCUT2D eigenvalue weighted by molar-refractivity contribution is 8.00. The van der Waals surface area contributed by atoms with E-state index < -0.39 is 38.3 Å². The minimum Gasteiger partial charge on any atom is -0.481 e. The van der Waals surface area contributed by atoms with Crippen molar-refractivity contribution in [3.05, 3.63) is 12.7 Å². The van der Waals surface area contributed by atoms with Crippen LogP contribution in [-0.2, 0) is 23.1 Å². The number of urea groups is 1. The number of aromatic nitrogens is 4. The van der Waals surface area contributed by atoms with Gasteiger partial charge in [-0.2, -0.15) is 11.8 Å². The third kappa shape index (κ3) is 5.59. The Morgan fingerprint density at radius 2 is 2.11 bits per heavy atom. The fourth-order valence-corrected chi connectivity index (χ4v) is 7.39. The van der Waals surface area contributed by atoms with Gasteiger partial charge in [-0.05, 0) is 12.8 Å². The number of carboxylic acids is 1. The molecule has 2 aromatic heterocycles. The van der Waals surface area contributed by atoms with Crippen molar-refractivity contribution >= 4 is 48.6 Å². The van der Waals surface area contributed by atoms with E-state index in [1.807, 2.05) is 11.8 Å². The molecule has 4 saturated heterocycles. The number of carbonyl (C=O) groups excluding carboxylic acids is 1. The van der Waals surface area contributed by atoms with Crippen molar-refractivity contribution in [2.24, 2.45) is 0 Å². The van der Waals surface area contributed by atoms with Crippen molar-refractivity contribution in [1.29, 1.82) is 0 Å². The molecular formula is C20H28N7O9PS. The number of nitrogens with one attached hydrogen (secondary N) is 2. The number of aliphatic hydroxyl groups excluding tert-OH is 1. The predicted molar refractivity (Wildman–Crippen MR) is 132 cm³/mol. The van der Waals surface area contributed by atoms with Gasteiger partial charge in [0.05, 0.1) is 25.0 Å². The molecule has 4 aliphatic heterocycles. The molecular weight excluding hydrogens is 545 g/mol. The van der Waals surface area contributed by atoms with Gasteiger partial charge < -0.3 is 36.2 Å². The van der Waals surface area contributed by atoms with Gasteiger partial charge in [-0.25, -0.2) is 24.3 Å². The zero-order valence-electron chi connectivity index (χ0n) is 20.0. The van der Waals surface area contributed by atoms with Crippen molar-refractivity contribution in [3.63, 3.8) is 0 Å². The number of aliphatic hydroxyl groups is 1. The maximum Gasteiger partial charge on any atom is 0.472 e. The number of nitrogen functional groups attached to an aromatic ring is 1. The van der Waals surface area contributed by atoms with Crippen molar-refractivity contribution in [2.75, 3.05) is 18.1 Å². The average molecular weight is 574 g/mol. The monoisotopic (exact) mass is 573 g/mol. The Bertz CT molecular complexity index is 1250. The minimum atomic E-state index is -4.16. The number of hydrogen-bond donors (Lipinski definition) is 6. The lowest BCUT2D eigenvalue weighted by molar-refractivity contribution is -0.137. The standard InChI is InChI=1S/C10H12N5O6P.C10H16N2O3S/c11-8-5-9(13-2-12-8)15(3-14-5)10-6(16)7-4(20-10)1-19-22(17,18)21-7;13-8(14)4-2-1-3-7-9-6(5-16-7)11-10(15)12-9/h2-4,6-7,10,16H,1H2,(H,17,18)(H2,11,12,13);6-7,9H,1-5H2,(H,13,14)(H2,11,12,15)/t4-,6-,7-,10-;6-,7-,9-/m10/s1. The molecule has 0 aliphatic carbocycles. The average Bonchev–Trinajstić information content (AvgIpc) is 3.61. The molecule has 2 aromatic rings. The Kier molecular flexibility index (Phi) is 7.77. The second-order valence-corrected chi connectivity index (χ2v) is 11.9. The number of rotatable bonds is 6. The largest absolute Gasteiger partial charge is 0.481 e. The number of carboxylic acid groups (broad SMARTS) is 1. The molecule has 6 rings (SSSR count). The summed E-state index contributed by atoms with van der Waals surface area (Å²) in [6.45, 7) is -0.157. The molecule has 8 atom stereocenters. The Labute approximate surface area is 220 Å². The Balaban J connectivity index is 0.000000163. The molecule has 1 unspecified atom stereocenters. The van der Waals surface area contributed by atoms with Crippen LogP contribution in [-0.4, -0.2) is 94.6 Å². The molecule has 4 fully saturated rings. The van der Waals surface area contributed by atoms with Crippen molar-refractivity contribution in [1.82, 2.24) is 30.2 Å².